The van der Waals surface area contributed by atoms with Gasteiger partial charge in [0.25, 0.3) is 0 Å². The Kier molecular flexibility index (Phi) is 8.06. The van der Waals surface area contributed by atoms with Gasteiger partial charge in [0.05, 0.1) is 0 Å². The fourth-order valence-electron chi connectivity index (χ4n) is 5.26. The number of hydrogen-bond acceptors (Lipinski definition) is 4. The minimum absolute atomic E-state index is 0.0150. The topological polar surface area (TPSA) is 105 Å². The van der Waals surface area contributed by atoms with Gasteiger partial charge in [-0.15, -0.1) is 0 Å². The summed E-state index contributed by atoms with van der Waals surface area (Å²) >= 11 is 0. The molecule has 2 aromatic rings. The Labute approximate surface area is 206 Å². The van der Waals surface area contributed by atoms with Gasteiger partial charge in [0.15, 0.2) is 0 Å². The third-order valence-electron chi connectivity index (χ3n) is 7.19. The first-order valence-electron chi connectivity index (χ1n) is 12.5. The monoisotopic (exact) mass is 478 g/mol. The highest BCUT2D eigenvalue weighted by Crippen LogP contribution is 2.44. The number of aliphatic carboxylic acids is 1. The molecule has 2 aliphatic carbocycles. The lowest BCUT2D eigenvalue weighted by molar-refractivity contribution is -0.137. The SMILES string of the molecule is CC(CCC(=O)O)CNC(=O)[C@@H]1CCC[C@@H](NC(=O)OCC2c3ccccc3-c3ccccc32)C1. The zero-order chi connectivity index (χ0) is 24.8. The highest BCUT2D eigenvalue weighted by atomic mass is 16.5. The molecule has 0 heterocycles. The average molecular weight is 479 g/mol. The summed E-state index contributed by atoms with van der Waals surface area (Å²) in [6.07, 6.45) is 3.25. The van der Waals surface area contributed by atoms with Crippen molar-refractivity contribution >= 4 is 18.0 Å². The van der Waals surface area contributed by atoms with Crippen molar-refractivity contribution in [3.8, 4) is 11.1 Å². The van der Waals surface area contributed by atoms with Crippen molar-refractivity contribution in [2.45, 2.75) is 57.4 Å². The zero-order valence-electron chi connectivity index (χ0n) is 20.2. The van der Waals surface area contributed by atoms with Gasteiger partial charge in [0, 0.05) is 30.8 Å². The van der Waals surface area contributed by atoms with Gasteiger partial charge in [0.2, 0.25) is 5.91 Å². The maximum absolute atomic E-state index is 12.6. The van der Waals surface area contributed by atoms with Crippen LogP contribution in [0.1, 0.15) is 62.5 Å². The lowest BCUT2D eigenvalue weighted by Gasteiger charge is -2.29. The molecule has 2 aliphatic rings. The summed E-state index contributed by atoms with van der Waals surface area (Å²) < 4.78 is 5.66. The lowest BCUT2D eigenvalue weighted by atomic mass is 9.85. The first-order valence-corrected chi connectivity index (χ1v) is 12.5. The Hall–Kier alpha value is -3.35. The maximum Gasteiger partial charge on any atom is 0.407 e. The van der Waals surface area contributed by atoms with Gasteiger partial charge in [-0.1, -0.05) is 61.9 Å². The summed E-state index contributed by atoms with van der Waals surface area (Å²) in [5, 5.41) is 14.7. The van der Waals surface area contributed by atoms with Crippen LogP contribution in [0.2, 0.25) is 0 Å². The van der Waals surface area contributed by atoms with Crippen molar-refractivity contribution in [3.05, 3.63) is 59.7 Å². The molecule has 0 saturated heterocycles. The normalized spacial score (nSPS) is 19.8. The summed E-state index contributed by atoms with van der Waals surface area (Å²) in [4.78, 5) is 36.0. The number of carboxylic acid groups (broad SMARTS) is 1. The molecular formula is C28H34N2O5. The van der Waals surface area contributed by atoms with Crippen LogP contribution in [0.3, 0.4) is 0 Å². The van der Waals surface area contributed by atoms with Crippen molar-refractivity contribution in [1.82, 2.24) is 10.6 Å². The van der Waals surface area contributed by atoms with Crippen LogP contribution in [0.25, 0.3) is 11.1 Å². The Morgan fingerprint density at radius 1 is 1.03 bits per heavy atom. The third-order valence-corrected chi connectivity index (χ3v) is 7.19. The molecule has 0 aromatic heterocycles. The van der Waals surface area contributed by atoms with E-state index in [1.807, 2.05) is 31.2 Å². The van der Waals surface area contributed by atoms with Crippen LogP contribution in [0.15, 0.2) is 48.5 Å². The summed E-state index contributed by atoms with van der Waals surface area (Å²) in [5.41, 5.74) is 4.73. The summed E-state index contributed by atoms with van der Waals surface area (Å²) in [6.45, 7) is 2.67. The van der Waals surface area contributed by atoms with Crippen LogP contribution >= 0.6 is 0 Å². The van der Waals surface area contributed by atoms with Crippen molar-refractivity contribution in [2.75, 3.05) is 13.2 Å². The van der Waals surface area contributed by atoms with Gasteiger partial charge in [0.1, 0.15) is 6.61 Å². The predicted molar refractivity (Wildman–Crippen MR) is 133 cm³/mol. The Morgan fingerprint density at radius 2 is 1.69 bits per heavy atom. The van der Waals surface area contributed by atoms with Crippen LogP contribution in [0, 0.1) is 11.8 Å². The van der Waals surface area contributed by atoms with Gasteiger partial charge >= 0.3 is 12.1 Å². The molecule has 2 amide bonds. The summed E-state index contributed by atoms with van der Waals surface area (Å²) in [7, 11) is 0. The minimum Gasteiger partial charge on any atom is -0.481 e. The first-order chi connectivity index (χ1) is 16.9. The second kappa shape index (κ2) is 11.4. The highest BCUT2D eigenvalue weighted by Gasteiger charge is 2.31. The minimum atomic E-state index is -0.822. The van der Waals surface area contributed by atoms with Crippen molar-refractivity contribution < 1.29 is 24.2 Å². The van der Waals surface area contributed by atoms with E-state index >= 15 is 0 Å². The van der Waals surface area contributed by atoms with Crippen LogP contribution in [0.5, 0.6) is 0 Å². The van der Waals surface area contributed by atoms with Crippen molar-refractivity contribution in [2.24, 2.45) is 11.8 Å². The number of carbonyl (C=O) groups excluding carboxylic acids is 2. The standard InChI is InChI=1S/C28H34N2O5/c1-18(13-14-26(31)32)16-29-27(33)19-7-6-8-20(15-19)30-28(34)35-17-25-23-11-4-2-9-21(23)22-10-3-5-12-24(22)25/h2-5,9-12,18-20,25H,6-8,13-17H2,1H3,(H,29,33)(H,30,34)(H,31,32)/t18?,19-,20-/m1/s1. The molecule has 0 aliphatic heterocycles. The number of fused-ring (bicyclic) bond motifs is 3. The first kappa shape index (κ1) is 24.8. The number of carbonyl (C=O) groups is 3. The molecule has 3 N–H and O–H groups in total. The summed E-state index contributed by atoms with van der Waals surface area (Å²) in [5.74, 6) is -0.882. The predicted octanol–water partition coefficient (Wildman–Crippen LogP) is 4.70. The number of alkyl carbamates (subject to hydrolysis) is 1. The fraction of sp³-hybridized carbons (Fsp3) is 0.464. The second-order valence-electron chi connectivity index (χ2n) is 9.81. The van der Waals surface area contributed by atoms with Crippen molar-refractivity contribution in [1.29, 1.82) is 0 Å². The lowest BCUT2D eigenvalue weighted by Crippen LogP contribution is -2.43. The molecular weight excluding hydrogens is 444 g/mol. The molecule has 3 atom stereocenters. The van der Waals surface area contributed by atoms with E-state index < -0.39 is 12.1 Å². The van der Waals surface area contributed by atoms with Crippen LogP contribution < -0.4 is 10.6 Å². The van der Waals surface area contributed by atoms with E-state index in [1.165, 1.54) is 22.3 Å². The largest absolute Gasteiger partial charge is 0.481 e. The van der Waals surface area contributed by atoms with E-state index in [1.54, 1.807) is 0 Å². The molecule has 0 spiro atoms. The Bertz CT molecular complexity index is 1020. The van der Waals surface area contributed by atoms with Gasteiger partial charge in [-0.3, -0.25) is 9.59 Å². The number of nitrogens with one attached hydrogen (secondary N) is 2. The summed E-state index contributed by atoms with van der Waals surface area (Å²) in [6, 6.07) is 16.4. The van der Waals surface area contributed by atoms with Gasteiger partial charge in [-0.2, -0.15) is 0 Å². The number of ether oxygens (including phenoxy) is 1. The molecule has 1 unspecified atom stereocenters. The molecule has 1 fully saturated rings. The maximum atomic E-state index is 12.6. The van der Waals surface area contributed by atoms with E-state index in [9.17, 15) is 14.4 Å². The van der Waals surface area contributed by atoms with Gasteiger partial charge < -0.3 is 20.5 Å². The molecule has 186 valence electrons. The number of amides is 2. The fourth-order valence-corrected chi connectivity index (χ4v) is 5.26. The molecule has 1 saturated carbocycles. The zero-order valence-corrected chi connectivity index (χ0v) is 20.2. The van der Waals surface area contributed by atoms with Crippen LogP contribution in [-0.2, 0) is 14.3 Å². The molecule has 0 radical (unpaired) electrons. The number of benzene rings is 2. The number of hydrogen-bond donors (Lipinski definition) is 3. The van der Waals surface area contributed by atoms with E-state index in [-0.39, 0.29) is 42.7 Å². The van der Waals surface area contributed by atoms with Crippen LogP contribution in [-0.4, -0.2) is 42.3 Å². The smallest absolute Gasteiger partial charge is 0.407 e. The Balaban J connectivity index is 1.25. The highest BCUT2D eigenvalue weighted by molar-refractivity contribution is 5.80. The third kappa shape index (κ3) is 6.21. The Morgan fingerprint density at radius 3 is 2.34 bits per heavy atom. The number of rotatable bonds is 9. The second-order valence-corrected chi connectivity index (χ2v) is 9.81. The average Bonchev–Trinajstić information content (AvgIpc) is 3.18. The van der Waals surface area contributed by atoms with E-state index in [0.717, 1.165) is 19.3 Å². The molecule has 0 bridgehead atoms. The van der Waals surface area contributed by atoms with E-state index in [0.29, 0.717) is 19.4 Å². The molecule has 2 aromatic carbocycles. The van der Waals surface area contributed by atoms with Gasteiger partial charge in [-0.25, -0.2) is 4.79 Å². The molecule has 7 nitrogen and oxygen atoms in total. The van der Waals surface area contributed by atoms with Crippen molar-refractivity contribution in [3.63, 3.8) is 0 Å². The van der Waals surface area contributed by atoms with E-state index in [4.69, 9.17) is 9.84 Å². The van der Waals surface area contributed by atoms with Gasteiger partial charge in [-0.05, 0) is 53.9 Å². The quantitative estimate of drug-likeness (QED) is 0.485. The molecule has 7 heteroatoms. The molecule has 4 rings (SSSR count). The van der Waals surface area contributed by atoms with Crippen LogP contribution in [0.4, 0.5) is 4.79 Å². The molecule has 35 heavy (non-hydrogen) atoms. The number of carboxylic acids is 1. The van der Waals surface area contributed by atoms with E-state index in [2.05, 4.69) is 34.9 Å².